The van der Waals surface area contributed by atoms with Crippen molar-refractivity contribution in [3.8, 4) is 0 Å². The second-order valence-corrected chi connectivity index (χ2v) is 6.72. The van der Waals surface area contributed by atoms with E-state index < -0.39 is 6.10 Å². The van der Waals surface area contributed by atoms with Crippen molar-refractivity contribution in [3.05, 3.63) is 71.3 Å². The van der Waals surface area contributed by atoms with Crippen molar-refractivity contribution in [2.24, 2.45) is 0 Å². The van der Waals surface area contributed by atoms with Crippen LogP contribution in [0.5, 0.6) is 0 Å². The van der Waals surface area contributed by atoms with Crippen molar-refractivity contribution in [1.29, 1.82) is 0 Å². The van der Waals surface area contributed by atoms with Gasteiger partial charge in [-0.3, -0.25) is 9.69 Å². The van der Waals surface area contributed by atoms with Gasteiger partial charge in [0.25, 0.3) is 0 Å². The van der Waals surface area contributed by atoms with Gasteiger partial charge in [-0.1, -0.05) is 54.6 Å². The molecule has 0 unspecified atom stereocenters. The Balaban J connectivity index is 1.66. The van der Waals surface area contributed by atoms with E-state index in [4.69, 9.17) is 4.74 Å². The van der Waals surface area contributed by atoms with Crippen molar-refractivity contribution >= 4 is 5.91 Å². The number of nitrogens with one attached hydrogen (secondary N) is 1. The van der Waals surface area contributed by atoms with Gasteiger partial charge in [0.05, 0.1) is 19.3 Å². The van der Waals surface area contributed by atoms with E-state index in [9.17, 15) is 9.90 Å². The van der Waals surface area contributed by atoms with Crippen LogP contribution in [0.2, 0.25) is 0 Å². The van der Waals surface area contributed by atoms with Gasteiger partial charge in [-0.15, -0.1) is 0 Å². The van der Waals surface area contributed by atoms with Crippen LogP contribution in [-0.4, -0.2) is 54.8 Å². The van der Waals surface area contributed by atoms with E-state index in [0.29, 0.717) is 19.6 Å². The Morgan fingerprint density at radius 1 is 1.15 bits per heavy atom. The molecule has 5 nitrogen and oxygen atoms in total. The van der Waals surface area contributed by atoms with Crippen molar-refractivity contribution in [2.45, 2.75) is 19.1 Å². The van der Waals surface area contributed by atoms with Crippen LogP contribution in [0.4, 0.5) is 0 Å². The first-order valence-electron chi connectivity index (χ1n) is 9.02. The minimum atomic E-state index is -0.642. The van der Waals surface area contributed by atoms with Crippen LogP contribution >= 0.6 is 0 Å². The Hall–Kier alpha value is -2.21. The Bertz CT molecular complexity index is 720. The number of carbonyl (C=O) groups excluding carboxylic acids is 1. The van der Waals surface area contributed by atoms with Crippen LogP contribution < -0.4 is 5.32 Å². The lowest BCUT2D eigenvalue weighted by Crippen LogP contribution is -2.50. The molecule has 0 radical (unpaired) electrons. The van der Waals surface area contributed by atoms with Gasteiger partial charge in [-0.05, 0) is 23.6 Å². The van der Waals surface area contributed by atoms with E-state index >= 15 is 0 Å². The number of hydrogen-bond donors (Lipinski definition) is 2. The van der Waals surface area contributed by atoms with Gasteiger partial charge >= 0.3 is 0 Å². The Labute approximate surface area is 154 Å². The summed E-state index contributed by atoms with van der Waals surface area (Å²) in [4.78, 5) is 13.4. The van der Waals surface area contributed by atoms with Gasteiger partial charge < -0.3 is 15.2 Å². The Morgan fingerprint density at radius 3 is 2.62 bits per heavy atom. The number of piperazine rings is 1. The second-order valence-electron chi connectivity index (χ2n) is 6.72. The number of rotatable bonds is 7. The van der Waals surface area contributed by atoms with Gasteiger partial charge in [-0.25, -0.2) is 0 Å². The minimum Gasteiger partial charge on any atom is -0.389 e. The lowest BCUT2D eigenvalue weighted by atomic mass is 9.97. The zero-order chi connectivity index (χ0) is 18.4. The van der Waals surface area contributed by atoms with Crippen molar-refractivity contribution in [1.82, 2.24) is 10.2 Å². The summed E-state index contributed by atoms with van der Waals surface area (Å²) in [7, 11) is 0. The third-order valence-electron chi connectivity index (χ3n) is 4.61. The third-order valence-corrected chi connectivity index (χ3v) is 4.61. The molecule has 5 heteroatoms. The lowest BCUT2D eigenvalue weighted by molar-refractivity contribution is -0.124. The molecule has 1 heterocycles. The maximum absolute atomic E-state index is 11.5. The predicted octanol–water partition coefficient (Wildman–Crippen LogP) is 1.89. The van der Waals surface area contributed by atoms with E-state index in [1.54, 1.807) is 0 Å². The molecule has 2 N–H and O–H groups in total. The Morgan fingerprint density at radius 2 is 1.88 bits per heavy atom. The molecule has 1 aliphatic rings. The molecule has 1 fully saturated rings. The number of benzene rings is 2. The second kappa shape index (κ2) is 8.94. The quantitative estimate of drug-likeness (QED) is 0.797. The van der Waals surface area contributed by atoms with Gasteiger partial charge in [0.1, 0.15) is 6.10 Å². The SMILES string of the molecule is Cc1ccccc1[C@@H](OC[C@H](O)CN1CCNC(=O)C1)c1ccccc1. The molecule has 0 aromatic heterocycles. The summed E-state index contributed by atoms with van der Waals surface area (Å²) in [6.45, 7) is 4.42. The highest BCUT2D eigenvalue weighted by Gasteiger charge is 2.22. The number of carbonyl (C=O) groups is 1. The first-order valence-corrected chi connectivity index (χ1v) is 9.02. The van der Waals surface area contributed by atoms with E-state index in [-0.39, 0.29) is 18.6 Å². The monoisotopic (exact) mass is 354 g/mol. The average Bonchev–Trinajstić information content (AvgIpc) is 2.64. The molecule has 26 heavy (non-hydrogen) atoms. The molecule has 0 aliphatic carbocycles. The largest absolute Gasteiger partial charge is 0.389 e. The summed E-state index contributed by atoms with van der Waals surface area (Å²) in [6.07, 6.45) is -0.868. The zero-order valence-electron chi connectivity index (χ0n) is 15.1. The fourth-order valence-corrected chi connectivity index (χ4v) is 3.28. The highest BCUT2D eigenvalue weighted by Crippen LogP contribution is 2.28. The van der Waals surface area contributed by atoms with Gasteiger partial charge in [0.15, 0.2) is 0 Å². The number of hydrogen-bond acceptors (Lipinski definition) is 4. The third kappa shape index (κ3) is 4.91. The smallest absolute Gasteiger partial charge is 0.234 e. The molecule has 138 valence electrons. The first kappa shape index (κ1) is 18.6. The number of β-amino-alcohol motifs (C(OH)–C–C–N with tert-alkyl or cyclic N) is 1. The topological polar surface area (TPSA) is 61.8 Å². The van der Waals surface area contributed by atoms with Crippen molar-refractivity contribution in [2.75, 3.05) is 32.8 Å². The van der Waals surface area contributed by atoms with Gasteiger partial charge in [0.2, 0.25) is 5.91 Å². The van der Waals surface area contributed by atoms with E-state index in [1.807, 2.05) is 47.4 Å². The van der Waals surface area contributed by atoms with Crippen LogP contribution in [0.15, 0.2) is 54.6 Å². The summed E-state index contributed by atoms with van der Waals surface area (Å²) >= 11 is 0. The number of aryl methyl sites for hydroxylation is 1. The molecule has 3 rings (SSSR count). The summed E-state index contributed by atoms with van der Waals surface area (Å²) in [6, 6.07) is 18.2. The van der Waals surface area contributed by atoms with E-state index in [0.717, 1.165) is 23.2 Å². The van der Waals surface area contributed by atoms with E-state index in [2.05, 4.69) is 24.4 Å². The number of amides is 1. The molecule has 2 aromatic carbocycles. The zero-order valence-corrected chi connectivity index (χ0v) is 15.1. The Kier molecular flexibility index (Phi) is 6.39. The van der Waals surface area contributed by atoms with Crippen LogP contribution in [0.1, 0.15) is 22.8 Å². The normalized spacial score (nSPS) is 17.5. The molecule has 1 saturated heterocycles. The van der Waals surface area contributed by atoms with Crippen LogP contribution in [0, 0.1) is 6.92 Å². The maximum atomic E-state index is 11.5. The first-order chi connectivity index (χ1) is 12.6. The lowest BCUT2D eigenvalue weighted by Gasteiger charge is -2.29. The number of nitrogens with zero attached hydrogens (tertiary/aromatic N) is 1. The minimum absolute atomic E-state index is 0.00596. The molecule has 0 spiro atoms. The molecule has 0 saturated carbocycles. The summed E-state index contributed by atoms with van der Waals surface area (Å²) in [5, 5.41) is 13.2. The van der Waals surface area contributed by atoms with Crippen LogP contribution in [0.25, 0.3) is 0 Å². The number of ether oxygens (including phenoxy) is 1. The maximum Gasteiger partial charge on any atom is 0.234 e. The molecule has 1 amide bonds. The van der Waals surface area contributed by atoms with Crippen molar-refractivity contribution < 1.29 is 14.6 Å². The molecular formula is C21H26N2O3. The summed E-state index contributed by atoms with van der Waals surface area (Å²) in [5.74, 6) is 0.00596. The molecule has 0 bridgehead atoms. The fourth-order valence-electron chi connectivity index (χ4n) is 3.28. The predicted molar refractivity (Wildman–Crippen MR) is 101 cm³/mol. The standard InChI is InChI=1S/C21H26N2O3/c1-16-7-5-6-10-19(16)21(17-8-3-2-4-9-17)26-15-18(24)13-23-12-11-22-20(25)14-23/h2-10,18,21,24H,11-15H2,1H3,(H,22,25)/t18-,21+/m1/s1. The highest BCUT2D eigenvalue weighted by atomic mass is 16.5. The molecule has 2 atom stereocenters. The number of aliphatic hydroxyl groups excluding tert-OH is 1. The summed E-state index contributed by atoms with van der Waals surface area (Å²) in [5.41, 5.74) is 3.32. The number of aliphatic hydroxyl groups is 1. The summed E-state index contributed by atoms with van der Waals surface area (Å²) < 4.78 is 6.15. The van der Waals surface area contributed by atoms with Gasteiger partial charge in [0, 0.05) is 19.6 Å². The highest BCUT2D eigenvalue weighted by molar-refractivity contribution is 5.78. The average molecular weight is 354 g/mol. The molecular weight excluding hydrogens is 328 g/mol. The van der Waals surface area contributed by atoms with Gasteiger partial charge in [-0.2, -0.15) is 0 Å². The van der Waals surface area contributed by atoms with E-state index in [1.165, 1.54) is 0 Å². The molecule has 1 aliphatic heterocycles. The fraction of sp³-hybridized carbons (Fsp3) is 0.381. The molecule has 2 aromatic rings. The van der Waals surface area contributed by atoms with Crippen molar-refractivity contribution in [3.63, 3.8) is 0 Å². The van der Waals surface area contributed by atoms with Crippen LogP contribution in [0.3, 0.4) is 0 Å². The van der Waals surface area contributed by atoms with Crippen LogP contribution in [-0.2, 0) is 9.53 Å².